The maximum atomic E-state index is 12.5. The molecule has 34 heavy (non-hydrogen) atoms. The first-order valence-electron chi connectivity index (χ1n) is 11.1. The summed E-state index contributed by atoms with van der Waals surface area (Å²) in [7, 11) is -0.392. The van der Waals surface area contributed by atoms with Gasteiger partial charge in [-0.15, -0.1) is 0 Å². The van der Waals surface area contributed by atoms with Crippen LogP contribution in [0.5, 0.6) is 11.5 Å². The van der Waals surface area contributed by atoms with Gasteiger partial charge in [-0.05, 0) is 48.2 Å². The van der Waals surface area contributed by atoms with Gasteiger partial charge in [0.05, 0.1) is 19.1 Å². The van der Waals surface area contributed by atoms with Gasteiger partial charge in [-0.2, -0.15) is 4.31 Å². The molecule has 0 fully saturated rings. The molecular formula is C24H33N3O6S. The van der Waals surface area contributed by atoms with Crippen LogP contribution in [0, 0.1) is 0 Å². The average Bonchev–Trinajstić information content (AvgIpc) is 2.84. The largest absolute Gasteiger partial charge is 0.493 e. The zero-order valence-corrected chi connectivity index (χ0v) is 20.9. The third-order valence-corrected chi connectivity index (χ3v) is 7.38. The van der Waals surface area contributed by atoms with E-state index in [1.807, 2.05) is 12.1 Å². The molecular weight excluding hydrogens is 458 g/mol. The summed E-state index contributed by atoms with van der Waals surface area (Å²) in [4.78, 5) is 24.3. The second kappa shape index (κ2) is 13.0. The van der Waals surface area contributed by atoms with Gasteiger partial charge in [0.25, 0.3) is 0 Å². The lowest BCUT2D eigenvalue weighted by molar-refractivity contribution is -0.139. The maximum absolute atomic E-state index is 12.5. The molecule has 0 radical (unpaired) electrons. The van der Waals surface area contributed by atoms with Gasteiger partial charge in [0.2, 0.25) is 10.0 Å². The van der Waals surface area contributed by atoms with Gasteiger partial charge in [0.15, 0.2) is 11.5 Å². The third kappa shape index (κ3) is 7.19. The molecule has 2 N–H and O–H groups in total. The summed E-state index contributed by atoms with van der Waals surface area (Å²) in [5.41, 5.74) is 1.79. The predicted octanol–water partition coefficient (Wildman–Crippen LogP) is 1.75. The highest BCUT2D eigenvalue weighted by atomic mass is 32.2. The molecule has 2 aromatic carbocycles. The highest BCUT2D eigenvalue weighted by Gasteiger charge is 2.21. The molecule has 0 aliphatic carbocycles. The monoisotopic (exact) mass is 491 g/mol. The highest BCUT2D eigenvalue weighted by Crippen LogP contribution is 2.27. The number of amides is 2. The van der Waals surface area contributed by atoms with Gasteiger partial charge >= 0.3 is 11.8 Å². The van der Waals surface area contributed by atoms with Crippen molar-refractivity contribution in [2.24, 2.45) is 0 Å². The fourth-order valence-corrected chi connectivity index (χ4v) is 4.84. The van der Waals surface area contributed by atoms with Crippen LogP contribution in [0.25, 0.3) is 0 Å². The number of carbonyl (C=O) groups excluding carboxylic acids is 2. The number of sulfonamides is 1. The van der Waals surface area contributed by atoms with E-state index in [9.17, 15) is 18.0 Å². The Morgan fingerprint density at radius 1 is 0.794 bits per heavy atom. The first kappa shape index (κ1) is 27.1. The minimum atomic E-state index is -3.50. The van der Waals surface area contributed by atoms with Crippen LogP contribution < -0.4 is 20.1 Å². The number of benzene rings is 2. The number of nitrogens with one attached hydrogen (secondary N) is 2. The molecule has 0 saturated carbocycles. The summed E-state index contributed by atoms with van der Waals surface area (Å²) < 4.78 is 36.9. The van der Waals surface area contributed by atoms with E-state index in [1.165, 1.54) is 4.31 Å². The summed E-state index contributed by atoms with van der Waals surface area (Å²) in [6.07, 6.45) is 0.998. The van der Waals surface area contributed by atoms with Crippen molar-refractivity contribution in [3.63, 3.8) is 0 Å². The van der Waals surface area contributed by atoms with Crippen LogP contribution in [0.2, 0.25) is 0 Å². The average molecular weight is 492 g/mol. The lowest BCUT2D eigenvalue weighted by Crippen LogP contribution is -2.41. The van der Waals surface area contributed by atoms with Crippen molar-refractivity contribution in [2.75, 3.05) is 40.4 Å². The van der Waals surface area contributed by atoms with E-state index in [4.69, 9.17) is 9.47 Å². The van der Waals surface area contributed by atoms with E-state index in [-0.39, 0.29) is 11.4 Å². The van der Waals surface area contributed by atoms with Crippen LogP contribution in [-0.2, 0) is 32.5 Å². The molecule has 10 heteroatoms. The zero-order valence-electron chi connectivity index (χ0n) is 20.1. The molecule has 0 spiro atoms. The van der Waals surface area contributed by atoms with Crippen LogP contribution >= 0.6 is 0 Å². The van der Waals surface area contributed by atoms with Gasteiger partial charge in [-0.3, -0.25) is 9.59 Å². The molecule has 0 aliphatic rings. The van der Waals surface area contributed by atoms with Crippen molar-refractivity contribution in [1.82, 2.24) is 14.9 Å². The van der Waals surface area contributed by atoms with Gasteiger partial charge < -0.3 is 20.1 Å². The number of ether oxygens (including phenoxy) is 2. The Morgan fingerprint density at radius 2 is 1.29 bits per heavy atom. The fourth-order valence-electron chi connectivity index (χ4n) is 3.38. The number of nitrogens with zero attached hydrogens (tertiary/aromatic N) is 1. The summed E-state index contributed by atoms with van der Waals surface area (Å²) >= 11 is 0. The highest BCUT2D eigenvalue weighted by molar-refractivity contribution is 7.89. The van der Waals surface area contributed by atoms with Gasteiger partial charge in [-0.1, -0.05) is 32.0 Å². The lowest BCUT2D eigenvalue weighted by atomic mass is 10.1. The SMILES string of the molecule is CCN(CC)S(=O)(=O)c1ccc(CCNC(=O)C(=O)NCCc2ccc(OC)c(OC)c2)cc1. The number of methoxy groups -OCH3 is 2. The number of carbonyl (C=O) groups is 2. The van der Waals surface area contributed by atoms with E-state index >= 15 is 0 Å². The smallest absolute Gasteiger partial charge is 0.309 e. The fraction of sp³-hybridized carbons (Fsp3) is 0.417. The van der Waals surface area contributed by atoms with E-state index in [0.717, 1.165) is 11.1 Å². The summed E-state index contributed by atoms with van der Waals surface area (Å²) in [5, 5.41) is 5.18. The molecule has 9 nitrogen and oxygen atoms in total. The van der Waals surface area contributed by atoms with Crippen molar-refractivity contribution in [2.45, 2.75) is 31.6 Å². The Labute approximate surface area is 201 Å². The van der Waals surface area contributed by atoms with Crippen LogP contribution in [0.15, 0.2) is 47.4 Å². The van der Waals surface area contributed by atoms with Gasteiger partial charge in [0.1, 0.15) is 0 Å². The normalized spacial score (nSPS) is 11.2. The molecule has 186 valence electrons. The molecule has 0 atom stereocenters. The Morgan fingerprint density at radius 3 is 1.79 bits per heavy atom. The number of rotatable bonds is 12. The number of hydrogen-bond donors (Lipinski definition) is 2. The minimum absolute atomic E-state index is 0.234. The number of hydrogen-bond acceptors (Lipinski definition) is 6. The molecule has 2 amide bonds. The molecule has 0 unspecified atom stereocenters. The maximum Gasteiger partial charge on any atom is 0.309 e. The van der Waals surface area contributed by atoms with Crippen LogP contribution in [0.1, 0.15) is 25.0 Å². The Hall–Kier alpha value is -3.11. The van der Waals surface area contributed by atoms with Crippen LogP contribution in [-0.4, -0.2) is 64.9 Å². The molecule has 0 aliphatic heterocycles. The second-order valence-electron chi connectivity index (χ2n) is 7.43. The van der Waals surface area contributed by atoms with E-state index in [0.29, 0.717) is 44.0 Å². The topological polar surface area (TPSA) is 114 Å². The molecule has 0 saturated heterocycles. The second-order valence-corrected chi connectivity index (χ2v) is 9.37. The van der Waals surface area contributed by atoms with Crippen LogP contribution in [0.3, 0.4) is 0 Å². The van der Waals surface area contributed by atoms with Gasteiger partial charge in [-0.25, -0.2) is 8.42 Å². The lowest BCUT2D eigenvalue weighted by Gasteiger charge is -2.18. The van der Waals surface area contributed by atoms with Crippen LogP contribution in [0.4, 0.5) is 0 Å². The van der Waals surface area contributed by atoms with E-state index in [2.05, 4.69) is 10.6 Å². The molecule has 2 aromatic rings. The summed E-state index contributed by atoms with van der Waals surface area (Å²) in [6, 6.07) is 12.0. The van der Waals surface area contributed by atoms with Crippen molar-refractivity contribution < 1.29 is 27.5 Å². The standard InChI is InChI=1S/C24H33N3O6S/c1-5-27(6-2)34(30,31)20-10-7-18(8-11-20)13-15-25-23(28)24(29)26-16-14-19-9-12-21(32-3)22(17-19)33-4/h7-12,17H,5-6,13-16H2,1-4H3,(H,25,28)(H,26,29). The van der Waals surface area contributed by atoms with Crippen molar-refractivity contribution in [3.8, 4) is 11.5 Å². The summed E-state index contributed by atoms with van der Waals surface area (Å²) in [5.74, 6) is -0.202. The van der Waals surface area contributed by atoms with E-state index in [1.54, 1.807) is 58.4 Å². The van der Waals surface area contributed by atoms with Crippen molar-refractivity contribution in [1.29, 1.82) is 0 Å². The first-order chi connectivity index (χ1) is 16.3. The van der Waals surface area contributed by atoms with Crippen molar-refractivity contribution >= 4 is 21.8 Å². The minimum Gasteiger partial charge on any atom is -0.493 e. The van der Waals surface area contributed by atoms with Crippen molar-refractivity contribution in [3.05, 3.63) is 53.6 Å². The first-order valence-corrected chi connectivity index (χ1v) is 12.6. The third-order valence-electron chi connectivity index (χ3n) is 5.32. The Bertz CT molecular complexity index is 1070. The molecule has 0 aromatic heterocycles. The molecule has 2 rings (SSSR count). The van der Waals surface area contributed by atoms with E-state index < -0.39 is 21.8 Å². The predicted molar refractivity (Wildman–Crippen MR) is 130 cm³/mol. The summed E-state index contributed by atoms with van der Waals surface area (Å²) in [6.45, 7) is 4.95. The molecule has 0 heterocycles. The Balaban J connectivity index is 1.78. The molecule has 0 bridgehead atoms. The quantitative estimate of drug-likeness (QED) is 0.437. The van der Waals surface area contributed by atoms with Gasteiger partial charge in [0, 0.05) is 26.2 Å². The Kier molecular flexibility index (Phi) is 10.3. The zero-order chi connectivity index (χ0) is 25.1.